The van der Waals surface area contributed by atoms with E-state index in [9.17, 15) is 5.21 Å². The van der Waals surface area contributed by atoms with Gasteiger partial charge in [-0.3, -0.25) is 4.90 Å². The zero-order chi connectivity index (χ0) is 24.3. The van der Waals surface area contributed by atoms with Crippen LogP contribution in [0, 0.1) is 0 Å². The Balaban J connectivity index is 1.10. The van der Waals surface area contributed by atoms with Crippen molar-refractivity contribution in [1.82, 2.24) is 19.2 Å². The first-order valence-electron chi connectivity index (χ1n) is 13.1. The fourth-order valence-corrected chi connectivity index (χ4v) is 5.60. The predicted molar refractivity (Wildman–Crippen MR) is 138 cm³/mol. The Hall–Kier alpha value is -3.36. The largest absolute Gasteiger partial charge is 0.492 e. The van der Waals surface area contributed by atoms with Crippen LogP contribution in [-0.4, -0.2) is 69.8 Å². The SMILES string of the molecule is O/N=c1/cc(-c2cc3cccn3cn2)oc2ccc(OCCN3CCC(N4CCCCC4)CC3)cc12. The molecule has 0 saturated carbocycles. The molecule has 2 aliphatic heterocycles. The summed E-state index contributed by atoms with van der Waals surface area (Å²) in [6, 6.07) is 14.0. The second kappa shape index (κ2) is 10.3. The molecule has 2 saturated heterocycles. The van der Waals surface area contributed by atoms with Crippen LogP contribution < -0.4 is 10.1 Å². The Morgan fingerprint density at radius 2 is 1.89 bits per heavy atom. The van der Waals surface area contributed by atoms with E-state index in [1.807, 2.05) is 47.0 Å². The molecule has 0 atom stereocenters. The third-order valence-electron chi connectivity index (χ3n) is 7.63. The van der Waals surface area contributed by atoms with E-state index in [0.717, 1.165) is 36.9 Å². The van der Waals surface area contributed by atoms with Gasteiger partial charge in [-0.2, -0.15) is 0 Å². The molecule has 0 spiro atoms. The first kappa shape index (κ1) is 23.1. The van der Waals surface area contributed by atoms with Crippen molar-refractivity contribution in [1.29, 1.82) is 0 Å². The number of ether oxygens (including phenoxy) is 1. The van der Waals surface area contributed by atoms with Crippen LogP contribution in [0.4, 0.5) is 0 Å². The summed E-state index contributed by atoms with van der Waals surface area (Å²) in [7, 11) is 0. The van der Waals surface area contributed by atoms with Crippen molar-refractivity contribution in [3.05, 3.63) is 60.3 Å². The molecule has 0 radical (unpaired) electrons. The molecule has 1 N–H and O–H groups in total. The van der Waals surface area contributed by atoms with Crippen molar-refractivity contribution in [3.8, 4) is 17.2 Å². The molecule has 6 rings (SSSR count). The molecule has 8 nitrogen and oxygen atoms in total. The summed E-state index contributed by atoms with van der Waals surface area (Å²) in [5.41, 5.74) is 2.30. The average molecular weight is 488 g/mol. The number of aromatic nitrogens is 2. The van der Waals surface area contributed by atoms with Crippen LogP contribution in [0.1, 0.15) is 32.1 Å². The molecule has 2 aliphatic rings. The van der Waals surface area contributed by atoms with E-state index in [4.69, 9.17) is 9.15 Å². The molecule has 0 unspecified atom stereocenters. The molecular formula is C28H33N5O3. The molecule has 5 heterocycles. The fraction of sp³-hybridized carbons (Fsp3) is 0.429. The van der Waals surface area contributed by atoms with Crippen molar-refractivity contribution in [2.45, 2.75) is 38.1 Å². The highest BCUT2D eigenvalue weighted by Gasteiger charge is 2.25. The molecule has 36 heavy (non-hydrogen) atoms. The lowest BCUT2D eigenvalue weighted by atomic mass is 10.00. The Morgan fingerprint density at radius 1 is 1.03 bits per heavy atom. The molecule has 3 aromatic heterocycles. The minimum absolute atomic E-state index is 0.425. The predicted octanol–water partition coefficient (Wildman–Crippen LogP) is 4.37. The monoisotopic (exact) mass is 487 g/mol. The summed E-state index contributed by atoms with van der Waals surface area (Å²) in [4.78, 5) is 9.70. The number of piperidine rings is 2. The standard InChI is InChI=1S/C28H33N5O3/c34-30-25-19-28(26-17-22-5-4-12-33(22)20-29-26)36-27-7-6-23(18-24(25)27)35-16-15-31-13-8-21(9-14-31)32-10-2-1-3-11-32/h4-7,12,17-21,34H,1-3,8-11,13-16H2/b30-25-. The first-order chi connectivity index (χ1) is 17.8. The lowest BCUT2D eigenvalue weighted by molar-refractivity contribution is 0.0858. The van der Waals surface area contributed by atoms with Crippen LogP contribution in [0.15, 0.2) is 64.6 Å². The summed E-state index contributed by atoms with van der Waals surface area (Å²) in [5.74, 6) is 1.28. The van der Waals surface area contributed by atoms with Gasteiger partial charge in [-0.1, -0.05) is 11.6 Å². The smallest absolute Gasteiger partial charge is 0.155 e. The third kappa shape index (κ3) is 4.83. The number of rotatable bonds is 6. The number of benzene rings is 1. The van der Waals surface area contributed by atoms with E-state index in [1.54, 1.807) is 12.4 Å². The van der Waals surface area contributed by atoms with Gasteiger partial charge < -0.3 is 23.7 Å². The number of hydrogen-bond donors (Lipinski definition) is 1. The van der Waals surface area contributed by atoms with E-state index in [0.29, 0.717) is 34.4 Å². The lowest BCUT2D eigenvalue weighted by Gasteiger charge is -2.40. The summed E-state index contributed by atoms with van der Waals surface area (Å²) in [6.45, 7) is 6.39. The van der Waals surface area contributed by atoms with Crippen LogP contribution in [0.5, 0.6) is 5.75 Å². The van der Waals surface area contributed by atoms with Crippen molar-refractivity contribution in [2.75, 3.05) is 39.3 Å². The summed E-state index contributed by atoms with van der Waals surface area (Å²) in [5, 5.41) is 14.3. The minimum atomic E-state index is 0.425. The lowest BCUT2D eigenvalue weighted by Crippen LogP contribution is -2.47. The summed E-state index contributed by atoms with van der Waals surface area (Å²) < 4.78 is 14.1. The number of nitrogens with zero attached hydrogens (tertiary/aromatic N) is 5. The topological polar surface area (TPSA) is 78.7 Å². The maximum absolute atomic E-state index is 9.71. The van der Waals surface area contributed by atoms with Crippen molar-refractivity contribution < 1.29 is 14.4 Å². The maximum Gasteiger partial charge on any atom is 0.155 e. The molecule has 188 valence electrons. The molecular weight excluding hydrogens is 454 g/mol. The minimum Gasteiger partial charge on any atom is -0.492 e. The van der Waals surface area contributed by atoms with Gasteiger partial charge in [-0.05, 0) is 88.3 Å². The molecule has 0 aliphatic carbocycles. The van der Waals surface area contributed by atoms with Crippen molar-refractivity contribution >= 4 is 16.5 Å². The summed E-state index contributed by atoms with van der Waals surface area (Å²) >= 11 is 0. The normalized spacial score (nSPS) is 18.8. The molecule has 0 bridgehead atoms. The van der Waals surface area contributed by atoms with Gasteiger partial charge in [0.05, 0.1) is 11.7 Å². The van der Waals surface area contributed by atoms with Gasteiger partial charge in [0.1, 0.15) is 29.0 Å². The number of likely N-dealkylation sites (tertiary alicyclic amines) is 2. The Kier molecular flexibility index (Phi) is 6.61. The van der Waals surface area contributed by atoms with E-state index >= 15 is 0 Å². The molecule has 1 aromatic carbocycles. The van der Waals surface area contributed by atoms with E-state index < -0.39 is 0 Å². The van der Waals surface area contributed by atoms with Gasteiger partial charge in [0.2, 0.25) is 0 Å². The summed E-state index contributed by atoms with van der Waals surface area (Å²) in [6.07, 6.45) is 10.3. The van der Waals surface area contributed by atoms with Gasteiger partial charge in [0.15, 0.2) is 5.76 Å². The van der Waals surface area contributed by atoms with Crippen LogP contribution in [0.3, 0.4) is 0 Å². The molecule has 8 heteroatoms. The second-order valence-corrected chi connectivity index (χ2v) is 9.89. The van der Waals surface area contributed by atoms with Crippen molar-refractivity contribution in [2.24, 2.45) is 5.16 Å². The fourth-order valence-electron chi connectivity index (χ4n) is 5.60. The van der Waals surface area contributed by atoms with E-state index in [2.05, 4.69) is 19.9 Å². The Bertz CT molecular complexity index is 1400. The second-order valence-electron chi connectivity index (χ2n) is 9.89. The van der Waals surface area contributed by atoms with Crippen LogP contribution >= 0.6 is 0 Å². The van der Waals surface area contributed by atoms with Crippen LogP contribution in [0.25, 0.3) is 27.9 Å². The van der Waals surface area contributed by atoms with Gasteiger partial charge in [-0.15, -0.1) is 0 Å². The van der Waals surface area contributed by atoms with Crippen LogP contribution in [0.2, 0.25) is 0 Å². The van der Waals surface area contributed by atoms with Crippen LogP contribution in [-0.2, 0) is 0 Å². The zero-order valence-electron chi connectivity index (χ0n) is 20.6. The highest BCUT2D eigenvalue weighted by molar-refractivity contribution is 5.80. The van der Waals surface area contributed by atoms with Crippen molar-refractivity contribution in [3.63, 3.8) is 0 Å². The van der Waals surface area contributed by atoms with E-state index in [-0.39, 0.29) is 0 Å². The van der Waals surface area contributed by atoms with Gasteiger partial charge in [0.25, 0.3) is 0 Å². The number of hydrogen-bond acceptors (Lipinski definition) is 7. The van der Waals surface area contributed by atoms with Gasteiger partial charge in [0, 0.05) is 30.4 Å². The van der Waals surface area contributed by atoms with Gasteiger partial charge in [-0.25, -0.2) is 4.98 Å². The molecule has 4 aromatic rings. The zero-order valence-corrected chi connectivity index (χ0v) is 20.6. The first-order valence-corrected chi connectivity index (χ1v) is 13.1. The van der Waals surface area contributed by atoms with E-state index in [1.165, 1.54) is 45.2 Å². The van der Waals surface area contributed by atoms with Gasteiger partial charge >= 0.3 is 0 Å². The molecule has 0 amide bonds. The Labute approximate surface area is 210 Å². The number of fused-ring (bicyclic) bond motifs is 2. The average Bonchev–Trinajstić information content (AvgIpc) is 3.41. The maximum atomic E-state index is 9.71. The Morgan fingerprint density at radius 3 is 2.72 bits per heavy atom. The highest BCUT2D eigenvalue weighted by Crippen LogP contribution is 2.25. The third-order valence-corrected chi connectivity index (χ3v) is 7.63. The quantitative estimate of drug-likeness (QED) is 0.322. The highest BCUT2D eigenvalue weighted by atomic mass is 16.5. The molecule has 2 fully saturated rings.